The van der Waals surface area contributed by atoms with Gasteiger partial charge in [0, 0.05) is 11.3 Å². The van der Waals surface area contributed by atoms with Crippen molar-refractivity contribution < 1.29 is 0 Å². The van der Waals surface area contributed by atoms with E-state index in [1.54, 1.807) is 0 Å². The Morgan fingerprint density at radius 2 is 2.11 bits per heavy atom. The van der Waals surface area contributed by atoms with E-state index in [-0.39, 0.29) is 0 Å². The van der Waals surface area contributed by atoms with Crippen LogP contribution in [0.15, 0.2) is 4.99 Å². The van der Waals surface area contributed by atoms with Gasteiger partial charge in [0.05, 0.1) is 6.04 Å². The van der Waals surface area contributed by atoms with Gasteiger partial charge in [-0.15, -0.1) is 0 Å². The van der Waals surface area contributed by atoms with Crippen LogP contribution in [0.1, 0.15) is 58.8 Å². The summed E-state index contributed by atoms with van der Waals surface area (Å²) in [5.74, 6) is 3.02. The molecule has 1 spiro atoms. The van der Waals surface area contributed by atoms with E-state index in [0.29, 0.717) is 11.6 Å². The maximum atomic E-state index is 4.97. The minimum atomic E-state index is 0.394. The molecule has 102 valence electrons. The lowest BCUT2D eigenvalue weighted by atomic mass is 9.78. The Morgan fingerprint density at radius 1 is 1.22 bits per heavy atom. The molecule has 3 rings (SSSR count). The van der Waals surface area contributed by atoms with Crippen LogP contribution in [-0.4, -0.2) is 22.5 Å². The third-order valence-electron chi connectivity index (χ3n) is 4.92. The second kappa shape index (κ2) is 5.07. The van der Waals surface area contributed by atoms with Gasteiger partial charge in [-0.25, -0.2) is 0 Å². The molecule has 3 fully saturated rings. The summed E-state index contributed by atoms with van der Waals surface area (Å²) >= 11 is 1.98. The minimum Gasteiger partial charge on any atom is -0.359 e. The van der Waals surface area contributed by atoms with Crippen LogP contribution >= 0.6 is 11.8 Å². The fraction of sp³-hybridized carbons (Fsp3) is 0.933. The third kappa shape index (κ3) is 2.71. The molecule has 1 heterocycles. The lowest BCUT2D eigenvalue weighted by molar-refractivity contribution is 0.242. The predicted octanol–water partition coefficient (Wildman–Crippen LogP) is 3.82. The molecule has 2 saturated carbocycles. The van der Waals surface area contributed by atoms with E-state index in [2.05, 4.69) is 19.2 Å². The van der Waals surface area contributed by atoms with Gasteiger partial charge in [0.15, 0.2) is 5.17 Å². The molecule has 1 saturated heterocycles. The lowest BCUT2D eigenvalue weighted by Gasteiger charge is -2.36. The maximum Gasteiger partial charge on any atom is 0.157 e. The summed E-state index contributed by atoms with van der Waals surface area (Å²) in [7, 11) is 0. The van der Waals surface area contributed by atoms with Crippen molar-refractivity contribution in [2.75, 3.05) is 5.75 Å². The number of nitrogens with zero attached hydrogens (tertiary/aromatic N) is 1. The number of amidine groups is 1. The Kier molecular flexibility index (Phi) is 3.61. The van der Waals surface area contributed by atoms with E-state index in [0.717, 1.165) is 11.8 Å². The van der Waals surface area contributed by atoms with Crippen LogP contribution in [0.3, 0.4) is 0 Å². The van der Waals surface area contributed by atoms with Crippen LogP contribution in [0.2, 0.25) is 0 Å². The predicted molar refractivity (Wildman–Crippen MR) is 80.2 cm³/mol. The zero-order chi connectivity index (χ0) is 12.6. The zero-order valence-corrected chi connectivity index (χ0v) is 12.6. The molecule has 0 amide bonds. The molecular formula is C15H26N2S. The molecule has 1 aliphatic heterocycles. The average molecular weight is 266 g/mol. The first-order valence-corrected chi connectivity index (χ1v) is 8.63. The lowest BCUT2D eigenvalue weighted by Crippen LogP contribution is -2.47. The maximum absolute atomic E-state index is 4.97. The van der Waals surface area contributed by atoms with Crippen LogP contribution in [-0.2, 0) is 0 Å². The summed E-state index contributed by atoms with van der Waals surface area (Å²) in [6, 6.07) is 0.603. The summed E-state index contributed by atoms with van der Waals surface area (Å²) in [5, 5.41) is 5.04. The van der Waals surface area contributed by atoms with Gasteiger partial charge >= 0.3 is 0 Å². The molecule has 3 heteroatoms. The molecule has 4 atom stereocenters. The topological polar surface area (TPSA) is 24.4 Å². The normalized spacial score (nSPS) is 46.8. The SMILES string of the molecule is CC1CCC(N=C2NC3(CCCC(C)C3)CS2)C1. The molecule has 2 nitrogen and oxygen atoms in total. The highest BCUT2D eigenvalue weighted by atomic mass is 32.2. The quantitative estimate of drug-likeness (QED) is 0.780. The van der Waals surface area contributed by atoms with Crippen molar-refractivity contribution in [2.45, 2.75) is 70.4 Å². The van der Waals surface area contributed by atoms with E-state index in [9.17, 15) is 0 Å². The van der Waals surface area contributed by atoms with E-state index >= 15 is 0 Å². The largest absolute Gasteiger partial charge is 0.359 e. The molecule has 0 bridgehead atoms. The Hall–Kier alpha value is -0.180. The van der Waals surface area contributed by atoms with Crippen molar-refractivity contribution in [3.05, 3.63) is 0 Å². The molecule has 0 radical (unpaired) electrons. The van der Waals surface area contributed by atoms with E-state index in [4.69, 9.17) is 4.99 Å². The van der Waals surface area contributed by atoms with E-state index in [1.807, 2.05) is 11.8 Å². The molecule has 1 N–H and O–H groups in total. The summed E-state index contributed by atoms with van der Waals surface area (Å²) < 4.78 is 0. The fourth-order valence-corrected chi connectivity index (χ4v) is 5.20. The zero-order valence-electron chi connectivity index (χ0n) is 11.7. The van der Waals surface area contributed by atoms with Gasteiger partial charge in [-0.05, 0) is 43.9 Å². The monoisotopic (exact) mass is 266 g/mol. The fourth-order valence-electron chi connectivity index (χ4n) is 3.94. The van der Waals surface area contributed by atoms with Crippen molar-refractivity contribution >= 4 is 16.9 Å². The number of hydrogen-bond acceptors (Lipinski definition) is 2. The van der Waals surface area contributed by atoms with Gasteiger partial charge in [-0.3, -0.25) is 4.99 Å². The molecule has 18 heavy (non-hydrogen) atoms. The number of aliphatic imine (C=N–C) groups is 1. The van der Waals surface area contributed by atoms with Gasteiger partial charge in [0.1, 0.15) is 0 Å². The first-order chi connectivity index (χ1) is 8.65. The third-order valence-corrected chi connectivity index (χ3v) is 6.09. The van der Waals surface area contributed by atoms with Crippen molar-refractivity contribution in [1.29, 1.82) is 0 Å². The highest BCUT2D eigenvalue weighted by Gasteiger charge is 2.40. The number of rotatable bonds is 1. The van der Waals surface area contributed by atoms with Crippen LogP contribution in [0.25, 0.3) is 0 Å². The highest BCUT2D eigenvalue weighted by Crippen LogP contribution is 2.39. The van der Waals surface area contributed by atoms with Crippen molar-refractivity contribution in [1.82, 2.24) is 5.32 Å². The Morgan fingerprint density at radius 3 is 2.83 bits per heavy atom. The van der Waals surface area contributed by atoms with Gasteiger partial charge in [0.25, 0.3) is 0 Å². The second-order valence-corrected chi connectivity index (χ2v) is 7.87. The molecule has 0 aromatic heterocycles. The summed E-state index contributed by atoms with van der Waals surface area (Å²) in [6.07, 6.45) is 9.48. The van der Waals surface area contributed by atoms with Crippen LogP contribution in [0, 0.1) is 11.8 Å². The van der Waals surface area contributed by atoms with Crippen molar-refractivity contribution in [3.63, 3.8) is 0 Å². The minimum absolute atomic E-state index is 0.394. The Bertz CT molecular complexity index is 341. The number of nitrogens with one attached hydrogen (secondary N) is 1. The standard InChI is InChI=1S/C15H26N2S/c1-11-5-6-13(8-11)16-14-17-15(10-18-14)7-3-4-12(2)9-15/h11-13H,3-10H2,1-2H3,(H,16,17). The molecule has 0 aromatic carbocycles. The van der Waals surface area contributed by atoms with Gasteiger partial charge in [-0.2, -0.15) is 0 Å². The van der Waals surface area contributed by atoms with E-state index < -0.39 is 0 Å². The molecular weight excluding hydrogens is 240 g/mol. The molecule has 0 aromatic rings. The summed E-state index contributed by atoms with van der Waals surface area (Å²) in [4.78, 5) is 4.97. The van der Waals surface area contributed by atoms with Gasteiger partial charge in [-0.1, -0.05) is 38.5 Å². The smallest absolute Gasteiger partial charge is 0.157 e. The van der Waals surface area contributed by atoms with Crippen LogP contribution in [0.5, 0.6) is 0 Å². The summed E-state index contributed by atoms with van der Waals surface area (Å²) in [6.45, 7) is 4.76. The number of thioether (sulfide) groups is 1. The average Bonchev–Trinajstić information content (AvgIpc) is 2.87. The van der Waals surface area contributed by atoms with Crippen molar-refractivity contribution in [3.8, 4) is 0 Å². The first kappa shape index (κ1) is 12.8. The Balaban J connectivity index is 1.62. The second-order valence-electron chi connectivity index (χ2n) is 6.90. The van der Waals surface area contributed by atoms with Crippen molar-refractivity contribution in [2.24, 2.45) is 16.8 Å². The Labute approximate surface area is 115 Å². The first-order valence-electron chi connectivity index (χ1n) is 7.64. The number of hydrogen-bond donors (Lipinski definition) is 1. The highest BCUT2D eigenvalue weighted by molar-refractivity contribution is 8.14. The molecule has 3 aliphatic rings. The van der Waals surface area contributed by atoms with Gasteiger partial charge < -0.3 is 5.32 Å². The molecule has 2 aliphatic carbocycles. The van der Waals surface area contributed by atoms with E-state index in [1.165, 1.54) is 55.9 Å². The molecule has 4 unspecified atom stereocenters. The van der Waals surface area contributed by atoms with Crippen LogP contribution in [0.4, 0.5) is 0 Å². The van der Waals surface area contributed by atoms with Gasteiger partial charge in [0.2, 0.25) is 0 Å². The van der Waals surface area contributed by atoms with Crippen LogP contribution < -0.4 is 5.32 Å². The summed E-state index contributed by atoms with van der Waals surface area (Å²) in [5.41, 5.74) is 0.394.